The number of aromatic nitrogens is 1. The Morgan fingerprint density at radius 3 is 2.67 bits per heavy atom. The lowest BCUT2D eigenvalue weighted by atomic mass is 10.1. The predicted octanol–water partition coefficient (Wildman–Crippen LogP) is 4.98. The smallest absolute Gasteiger partial charge is 0.147 e. The highest BCUT2D eigenvalue weighted by Crippen LogP contribution is 2.31. The normalized spacial score (nSPS) is 10.7. The molecule has 3 aromatic rings. The third kappa shape index (κ3) is 3.49. The first kappa shape index (κ1) is 14.2. The molecule has 0 spiro atoms. The molecule has 0 bridgehead atoms. The largest absolute Gasteiger partial charge is 0.398 e. The monoisotopic (exact) mass is 360 g/mol. The minimum absolute atomic E-state index is 0.700. The van der Waals surface area contributed by atoms with Crippen LogP contribution in [0.15, 0.2) is 68.5 Å². The van der Waals surface area contributed by atoms with Crippen LogP contribution >= 0.6 is 27.7 Å². The summed E-state index contributed by atoms with van der Waals surface area (Å²) in [6.07, 6.45) is 0. The number of halogens is 1. The molecule has 0 aliphatic heterocycles. The van der Waals surface area contributed by atoms with Crippen molar-refractivity contribution in [1.82, 2.24) is 5.16 Å². The first-order valence-electron chi connectivity index (χ1n) is 6.41. The highest BCUT2D eigenvalue weighted by Gasteiger charge is 2.08. The lowest BCUT2D eigenvalue weighted by molar-refractivity contribution is 0.397. The highest BCUT2D eigenvalue weighted by atomic mass is 79.9. The van der Waals surface area contributed by atoms with E-state index in [9.17, 15) is 0 Å². The Morgan fingerprint density at radius 2 is 1.90 bits per heavy atom. The molecule has 0 aliphatic carbocycles. The van der Waals surface area contributed by atoms with Gasteiger partial charge in [0.15, 0.2) is 0 Å². The zero-order valence-electron chi connectivity index (χ0n) is 11.1. The van der Waals surface area contributed by atoms with Gasteiger partial charge in [-0.15, -0.1) is 11.8 Å². The number of hydrogen-bond acceptors (Lipinski definition) is 4. The molecule has 0 atom stereocenters. The van der Waals surface area contributed by atoms with E-state index < -0.39 is 0 Å². The van der Waals surface area contributed by atoms with Crippen LogP contribution in [0.4, 0.5) is 5.69 Å². The Labute approximate surface area is 135 Å². The second-order valence-corrected chi connectivity index (χ2v) is 6.45. The molecule has 0 saturated carbocycles. The second kappa shape index (κ2) is 6.37. The van der Waals surface area contributed by atoms with Crippen molar-refractivity contribution in [2.45, 2.75) is 10.6 Å². The second-order valence-electron chi connectivity index (χ2n) is 4.52. The van der Waals surface area contributed by atoms with Crippen molar-refractivity contribution in [1.29, 1.82) is 0 Å². The average molecular weight is 361 g/mol. The van der Waals surface area contributed by atoms with Crippen LogP contribution in [0.1, 0.15) is 5.76 Å². The molecule has 106 valence electrons. The number of anilines is 1. The fourth-order valence-electron chi connectivity index (χ4n) is 1.93. The molecule has 0 amide bonds. The Hall–Kier alpha value is -1.72. The first-order valence-corrected chi connectivity index (χ1v) is 8.19. The van der Waals surface area contributed by atoms with Gasteiger partial charge in [-0.1, -0.05) is 51.4 Å². The van der Waals surface area contributed by atoms with Crippen molar-refractivity contribution < 1.29 is 4.52 Å². The van der Waals surface area contributed by atoms with Crippen molar-refractivity contribution >= 4 is 33.4 Å². The zero-order chi connectivity index (χ0) is 14.7. The standard InChI is InChI=1S/C16H13BrN2OS/c17-12-6-7-16(14(18)8-12)21-10-13-9-15(19-20-13)11-4-2-1-3-5-11/h1-9H,10,18H2. The summed E-state index contributed by atoms with van der Waals surface area (Å²) >= 11 is 5.04. The topological polar surface area (TPSA) is 52.0 Å². The van der Waals surface area contributed by atoms with Gasteiger partial charge in [0.05, 0.1) is 5.75 Å². The van der Waals surface area contributed by atoms with Crippen LogP contribution < -0.4 is 5.73 Å². The Bertz CT molecular complexity index is 743. The van der Waals surface area contributed by atoms with Crippen molar-refractivity contribution in [3.63, 3.8) is 0 Å². The molecule has 0 unspecified atom stereocenters. The van der Waals surface area contributed by atoms with Crippen molar-refractivity contribution in [3.8, 4) is 11.3 Å². The summed E-state index contributed by atoms with van der Waals surface area (Å²) < 4.78 is 6.37. The van der Waals surface area contributed by atoms with Crippen LogP contribution in [0.5, 0.6) is 0 Å². The maximum atomic E-state index is 5.98. The minimum Gasteiger partial charge on any atom is -0.398 e. The van der Waals surface area contributed by atoms with Crippen molar-refractivity contribution in [3.05, 3.63) is 64.8 Å². The Balaban J connectivity index is 1.70. The number of thioether (sulfide) groups is 1. The molecule has 3 nitrogen and oxygen atoms in total. The summed E-state index contributed by atoms with van der Waals surface area (Å²) in [5.74, 6) is 1.53. The van der Waals surface area contributed by atoms with Gasteiger partial charge in [-0.05, 0) is 18.2 Å². The maximum absolute atomic E-state index is 5.98. The van der Waals surface area contributed by atoms with Gasteiger partial charge in [-0.25, -0.2) is 0 Å². The summed E-state index contributed by atoms with van der Waals surface area (Å²) in [5.41, 5.74) is 8.66. The van der Waals surface area contributed by atoms with Crippen LogP contribution in [0.3, 0.4) is 0 Å². The molecule has 21 heavy (non-hydrogen) atoms. The number of benzene rings is 2. The molecule has 1 aromatic heterocycles. The molecule has 0 fully saturated rings. The van der Waals surface area contributed by atoms with Crippen LogP contribution in [0, 0.1) is 0 Å². The third-order valence-electron chi connectivity index (χ3n) is 2.97. The Morgan fingerprint density at radius 1 is 1.10 bits per heavy atom. The van der Waals surface area contributed by atoms with Crippen LogP contribution in [0.2, 0.25) is 0 Å². The molecular weight excluding hydrogens is 348 g/mol. The van der Waals surface area contributed by atoms with E-state index in [4.69, 9.17) is 10.3 Å². The fraction of sp³-hybridized carbons (Fsp3) is 0.0625. The van der Waals surface area contributed by atoms with Gasteiger partial charge in [-0.3, -0.25) is 0 Å². The van der Waals surface area contributed by atoms with Crippen molar-refractivity contribution in [2.24, 2.45) is 0 Å². The fourth-order valence-corrected chi connectivity index (χ4v) is 3.13. The zero-order valence-corrected chi connectivity index (χ0v) is 13.5. The Kier molecular flexibility index (Phi) is 4.31. The number of nitrogens with two attached hydrogens (primary N) is 1. The summed E-state index contributed by atoms with van der Waals surface area (Å²) in [5, 5.41) is 4.11. The average Bonchev–Trinajstić information content (AvgIpc) is 2.96. The molecule has 1 heterocycles. The SMILES string of the molecule is Nc1cc(Br)ccc1SCc1cc(-c2ccccc2)no1. The maximum Gasteiger partial charge on any atom is 0.147 e. The summed E-state index contributed by atoms with van der Waals surface area (Å²) in [6, 6.07) is 17.8. The van der Waals surface area contributed by atoms with E-state index in [2.05, 4.69) is 21.1 Å². The number of nitrogens with zero attached hydrogens (tertiary/aromatic N) is 1. The summed E-state index contributed by atoms with van der Waals surface area (Å²) in [4.78, 5) is 1.04. The van der Waals surface area contributed by atoms with Gasteiger partial charge in [0.25, 0.3) is 0 Å². The molecule has 5 heteroatoms. The lowest BCUT2D eigenvalue weighted by Crippen LogP contribution is -1.88. The molecule has 0 saturated heterocycles. The molecule has 3 rings (SSSR count). The lowest BCUT2D eigenvalue weighted by Gasteiger charge is -2.03. The van der Waals surface area contributed by atoms with Gasteiger partial charge in [0, 0.05) is 26.7 Å². The van der Waals surface area contributed by atoms with E-state index in [1.54, 1.807) is 11.8 Å². The van der Waals surface area contributed by atoms with Gasteiger partial charge in [0.1, 0.15) is 11.5 Å². The van der Waals surface area contributed by atoms with E-state index in [0.29, 0.717) is 5.75 Å². The van der Waals surface area contributed by atoms with Crippen LogP contribution in [-0.4, -0.2) is 5.16 Å². The van der Waals surface area contributed by atoms with E-state index in [1.807, 2.05) is 54.6 Å². The minimum atomic E-state index is 0.700. The number of hydrogen-bond donors (Lipinski definition) is 1. The van der Waals surface area contributed by atoms with Gasteiger partial charge >= 0.3 is 0 Å². The van der Waals surface area contributed by atoms with E-state index in [-0.39, 0.29) is 0 Å². The third-order valence-corrected chi connectivity index (χ3v) is 4.58. The first-order chi connectivity index (χ1) is 10.2. The number of nitrogen functional groups attached to an aromatic ring is 1. The molecule has 0 aliphatic rings. The molecule has 2 aromatic carbocycles. The van der Waals surface area contributed by atoms with E-state index in [1.165, 1.54) is 0 Å². The molecule has 2 N–H and O–H groups in total. The van der Waals surface area contributed by atoms with E-state index in [0.717, 1.165) is 32.1 Å². The van der Waals surface area contributed by atoms with Gasteiger partial charge in [0.2, 0.25) is 0 Å². The van der Waals surface area contributed by atoms with E-state index >= 15 is 0 Å². The molecule has 0 radical (unpaired) electrons. The summed E-state index contributed by atoms with van der Waals surface area (Å²) in [7, 11) is 0. The van der Waals surface area contributed by atoms with Crippen LogP contribution in [0.25, 0.3) is 11.3 Å². The quantitative estimate of drug-likeness (QED) is 0.526. The number of rotatable bonds is 4. The summed E-state index contributed by atoms with van der Waals surface area (Å²) in [6.45, 7) is 0. The van der Waals surface area contributed by atoms with Gasteiger partial charge in [-0.2, -0.15) is 0 Å². The predicted molar refractivity (Wildman–Crippen MR) is 90.1 cm³/mol. The van der Waals surface area contributed by atoms with Crippen molar-refractivity contribution in [2.75, 3.05) is 5.73 Å². The highest BCUT2D eigenvalue weighted by molar-refractivity contribution is 9.10. The van der Waals surface area contributed by atoms with Crippen LogP contribution in [-0.2, 0) is 5.75 Å². The van der Waals surface area contributed by atoms with Gasteiger partial charge < -0.3 is 10.3 Å². The molecular formula is C16H13BrN2OS.